The van der Waals surface area contributed by atoms with Gasteiger partial charge in [-0.2, -0.15) is 0 Å². The number of aliphatic carboxylic acids is 1. The molecule has 3 nitrogen and oxygen atoms in total. The third kappa shape index (κ3) is 5.88. The van der Waals surface area contributed by atoms with Crippen LogP contribution in [0.15, 0.2) is 24.3 Å². The van der Waals surface area contributed by atoms with Gasteiger partial charge in [-0.05, 0) is 36.3 Å². The Balaban J connectivity index is 2.52. The van der Waals surface area contributed by atoms with Gasteiger partial charge in [-0.3, -0.25) is 4.79 Å². The summed E-state index contributed by atoms with van der Waals surface area (Å²) < 4.78 is 0. The van der Waals surface area contributed by atoms with Gasteiger partial charge in [0, 0.05) is 12.5 Å². The van der Waals surface area contributed by atoms with Crippen molar-refractivity contribution in [2.45, 2.75) is 52.0 Å². The lowest BCUT2D eigenvalue weighted by atomic mass is 9.93. The van der Waals surface area contributed by atoms with Gasteiger partial charge < -0.3 is 10.8 Å². The second kappa shape index (κ2) is 7.95. The van der Waals surface area contributed by atoms with Crippen molar-refractivity contribution in [1.29, 1.82) is 0 Å². The topological polar surface area (TPSA) is 63.3 Å². The maximum absolute atomic E-state index is 10.6. The summed E-state index contributed by atoms with van der Waals surface area (Å²) in [6.07, 6.45) is 4.42. The minimum Gasteiger partial charge on any atom is -0.481 e. The molecule has 0 heterocycles. The third-order valence-corrected chi connectivity index (χ3v) is 3.41. The molecule has 0 spiro atoms. The lowest BCUT2D eigenvalue weighted by Gasteiger charge is -2.16. The Morgan fingerprint density at radius 3 is 2.47 bits per heavy atom. The van der Waals surface area contributed by atoms with Crippen LogP contribution >= 0.6 is 0 Å². The number of hydrogen-bond acceptors (Lipinski definition) is 2. The zero-order chi connectivity index (χ0) is 14.3. The molecule has 106 valence electrons. The van der Waals surface area contributed by atoms with Gasteiger partial charge in [-0.1, -0.05) is 44.5 Å². The van der Waals surface area contributed by atoms with Crippen molar-refractivity contribution in [2.24, 2.45) is 11.7 Å². The number of rotatable bonds is 8. The van der Waals surface area contributed by atoms with Crippen LogP contribution in [0, 0.1) is 5.92 Å². The maximum Gasteiger partial charge on any atom is 0.303 e. The molecule has 0 saturated heterocycles. The van der Waals surface area contributed by atoms with Crippen LogP contribution in [0.25, 0.3) is 0 Å². The maximum atomic E-state index is 10.6. The largest absolute Gasteiger partial charge is 0.481 e. The number of unbranched alkanes of at least 4 members (excludes halogenated alkanes) is 1. The number of nitrogens with two attached hydrogens (primary N) is 1. The van der Waals surface area contributed by atoms with Crippen LogP contribution < -0.4 is 5.73 Å². The summed E-state index contributed by atoms with van der Waals surface area (Å²) in [6, 6.07) is 8.33. The second-order valence-electron chi connectivity index (χ2n) is 5.39. The van der Waals surface area contributed by atoms with Crippen molar-refractivity contribution >= 4 is 5.97 Å². The molecular weight excluding hydrogens is 238 g/mol. The molecule has 1 rings (SSSR count). The predicted molar refractivity (Wildman–Crippen MR) is 78.0 cm³/mol. The minimum atomic E-state index is -0.755. The summed E-state index contributed by atoms with van der Waals surface area (Å²) >= 11 is 0. The van der Waals surface area contributed by atoms with Crippen molar-refractivity contribution in [2.75, 3.05) is 0 Å². The molecule has 0 aliphatic rings. The van der Waals surface area contributed by atoms with E-state index in [-0.39, 0.29) is 18.4 Å². The molecule has 0 amide bonds. The monoisotopic (exact) mass is 263 g/mol. The van der Waals surface area contributed by atoms with Crippen molar-refractivity contribution in [3.05, 3.63) is 35.4 Å². The van der Waals surface area contributed by atoms with Crippen LogP contribution in [0.3, 0.4) is 0 Å². The summed E-state index contributed by atoms with van der Waals surface area (Å²) in [4.78, 5) is 10.6. The molecule has 3 N–H and O–H groups in total. The van der Waals surface area contributed by atoms with Gasteiger partial charge in [-0.15, -0.1) is 0 Å². The highest BCUT2D eigenvalue weighted by molar-refractivity contribution is 5.66. The Kier molecular flexibility index (Phi) is 6.57. The van der Waals surface area contributed by atoms with Gasteiger partial charge in [0.05, 0.1) is 0 Å². The highest BCUT2D eigenvalue weighted by atomic mass is 16.4. The fourth-order valence-electron chi connectivity index (χ4n) is 2.26. The lowest BCUT2D eigenvalue weighted by Crippen LogP contribution is -2.16. The molecule has 2 atom stereocenters. The van der Waals surface area contributed by atoms with Gasteiger partial charge >= 0.3 is 5.97 Å². The van der Waals surface area contributed by atoms with Gasteiger partial charge in [0.15, 0.2) is 0 Å². The van der Waals surface area contributed by atoms with Crippen LogP contribution in [0.2, 0.25) is 0 Å². The summed E-state index contributed by atoms with van der Waals surface area (Å²) in [7, 11) is 0. The van der Waals surface area contributed by atoms with Gasteiger partial charge in [0.1, 0.15) is 0 Å². The average Bonchev–Trinajstić information content (AvgIpc) is 2.35. The number of carboxylic acid groups (broad SMARTS) is 1. The van der Waals surface area contributed by atoms with E-state index in [1.807, 2.05) is 6.92 Å². The summed E-state index contributed by atoms with van der Waals surface area (Å²) in [6.45, 7) is 4.12. The molecule has 0 radical (unpaired) electrons. The zero-order valence-electron chi connectivity index (χ0n) is 11.9. The van der Waals surface area contributed by atoms with E-state index < -0.39 is 5.97 Å². The standard InChI is InChI=1S/C16H25NO2/c1-3-4-5-13-6-8-14(9-7-13)15(17)10-12(2)11-16(18)19/h6-9,12,15H,3-5,10-11,17H2,1-2H3,(H,18,19). The van der Waals surface area contributed by atoms with E-state index in [9.17, 15) is 4.79 Å². The molecule has 1 aromatic rings. The molecule has 0 aliphatic heterocycles. The SMILES string of the molecule is CCCCc1ccc(C(N)CC(C)CC(=O)O)cc1. The quantitative estimate of drug-likeness (QED) is 0.754. The molecule has 19 heavy (non-hydrogen) atoms. The molecule has 0 aromatic heterocycles. The number of benzene rings is 1. The van der Waals surface area contributed by atoms with E-state index in [0.717, 1.165) is 12.0 Å². The average molecular weight is 263 g/mol. The molecule has 2 unspecified atom stereocenters. The fourth-order valence-corrected chi connectivity index (χ4v) is 2.26. The number of carboxylic acids is 1. The van der Waals surface area contributed by atoms with Crippen LogP contribution in [0.5, 0.6) is 0 Å². The second-order valence-corrected chi connectivity index (χ2v) is 5.39. The molecule has 0 aliphatic carbocycles. The van der Waals surface area contributed by atoms with Gasteiger partial charge in [-0.25, -0.2) is 0 Å². The first-order valence-electron chi connectivity index (χ1n) is 7.09. The van der Waals surface area contributed by atoms with Crippen LogP contribution in [-0.4, -0.2) is 11.1 Å². The summed E-state index contributed by atoms with van der Waals surface area (Å²) in [5.74, 6) is -0.651. The molecule has 0 bridgehead atoms. The van der Waals surface area contributed by atoms with E-state index in [1.54, 1.807) is 0 Å². The molecular formula is C16H25NO2. The Morgan fingerprint density at radius 1 is 1.32 bits per heavy atom. The Labute approximate surface area is 115 Å². The number of carbonyl (C=O) groups is 1. The van der Waals surface area contributed by atoms with Crippen LogP contribution in [0.4, 0.5) is 0 Å². The molecule has 0 fully saturated rings. The van der Waals surface area contributed by atoms with E-state index in [0.29, 0.717) is 6.42 Å². The highest BCUT2D eigenvalue weighted by Crippen LogP contribution is 2.21. The van der Waals surface area contributed by atoms with E-state index in [2.05, 4.69) is 31.2 Å². The predicted octanol–water partition coefficient (Wildman–Crippen LogP) is 3.53. The lowest BCUT2D eigenvalue weighted by molar-refractivity contribution is -0.138. The van der Waals surface area contributed by atoms with Crippen molar-refractivity contribution in [3.63, 3.8) is 0 Å². The normalized spacial score (nSPS) is 14.1. The first-order chi connectivity index (χ1) is 9.02. The number of hydrogen-bond donors (Lipinski definition) is 2. The Morgan fingerprint density at radius 2 is 1.95 bits per heavy atom. The van der Waals surface area contributed by atoms with Crippen molar-refractivity contribution in [3.8, 4) is 0 Å². The zero-order valence-corrected chi connectivity index (χ0v) is 11.9. The fraction of sp³-hybridized carbons (Fsp3) is 0.562. The van der Waals surface area contributed by atoms with Crippen LogP contribution in [0.1, 0.15) is 56.7 Å². The van der Waals surface area contributed by atoms with E-state index in [1.165, 1.54) is 18.4 Å². The van der Waals surface area contributed by atoms with Gasteiger partial charge in [0.2, 0.25) is 0 Å². The molecule has 1 aromatic carbocycles. The summed E-state index contributed by atoms with van der Waals surface area (Å²) in [5, 5.41) is 8.75. The summed E-state index contributed by atoms with van der Waals surface area (Å²) in [5.41, 5.74) is 8.57. The van der Waals surface area contributed by atoms with E-state index in [4.69, 9.17) is 10.8 Å². The molecule has 3 heteroatoms. The van der Waals surface area contributed by atoms with E-state index >= 15 is 0 Å². The first kappa shape index (κ1) is 15.7. The van der Waals surface area contributed by atoms with Crippen molar-refractivity contribution < 1.29 is 9.90 Å². The first-order valence-corrected chi connectivity index (χ1v) is 7.09. The number of aryl methyl sites for hydroxylation is 1. The minimum absolute atomic E-state index is 0.0745. The Hall–Kier alpha value is -1.35. The molecule has 0 saturated carbocycles. The van der Waals surface area contributed by atoms with Crippen LogP contribution in [-0.2, 0) is 11.2 Å². The van der Waals surface area contributed by atoms with Crippen molar-refractivity contribution in [1.82, 2.24) is 0 Å². The third-order valence-electron chi connectivity index (χ3n) is 3.41. The highest BCUT2D eigenvalue weighted by Gasteiger charge is 2.13. The van der Waals surface area contributed by atoms with Gasteiger partial charge in [0.25, 0.3) is 0 Å². The smallest absolute Gasteiger partial charge is 0.303 e. The Bertz CT molecular complexity index is 386.